The van der Waals surface area contributed by atoms with Crippen LogP contribution in [0.3, 0.4) is 0 Å². The fourth-order valence-corrected chi connectivity index (χ4v) is 2.60. The highest BCUT2D eigenvalue weighted by atomic mass is 16.5. The Bertz CT molecular complexity index is 804. The first kappa shape index (κ1) is 18.3. The van der Waals surface area contributed by atoms with E-state index in [-0.39, 0.29) is 17.2 Å². The molecule has 1 heterocycles. The lowest BCUT2D eigenvalue weighted by Crippen LogP contribution is -2.27. The Morgan fingerprint density at radius 1 is 1.16 bits per heavy atom. The predicted octanol–water partition coefficient (Wildman–Crippen LogP) is 2.60. The molecule has 7 nitrogen and oxygen atoms in total. The number of amides is 1. The van der Waals surface area contributed by atoms with Crippen LogP contribution >= 0.6 is 0 Å². The minimum absolute atomic E-state index is 0.0393. The Hall–Kier alpha value is -3.09. The summed E-state index contributed by atoms with van der Waals surface area (Å²) in [6.45, 7) is 3.71. The minimum Gasteiger partial charge on any atom is -0.493 e. The number of nitrogens with one attached hydrogen (secondary N) is 1. The molecule has 1 aromatic heterocycles. The number of carbonyl (C=O) groups excluding carboxylic acids is 1. The van der Waals surface area contributed by atoms with Crippen molar-refractivity contribution in [3.05, 3.63) is 52.8 Å². The van der Waals surface area contributed by atoms with Gasteiger partial charge in [-0.2, -0.15) is 0 Å². The largest absolute Gasteiger partial charge is 0.493 e. The first-order valence-electron chi connectivity index (χ1n) is 7.59. The van der Waals surface area contributed by atoms with E-state index in [1.165, 1.54) is 18.5 Å². The van der Waals surface area contributed by atoms with Crippen molar-refractivity contribution in [2.75, 3.05) is 14.2 Å². The summed E-state index contributed by atoms with van der Waals surface area (Å²) in [5.41, 5.74) is 1.87. The average Bonchev–Trinajstić information content (AvgIpc) is 2.61. The Labute approximate surface area is 145 Å². The number of hydrogen-bond acceptors (Lipinski definition) is 5. The SMILES string of the molecule is COc1ccc(C(C)NC(=O)c2cncc(C(=O)O)c2)c(C)c1OC. The maximum absolute atomic E-state index is 12.4. The number of pyridine rings is 1. The van der Waals surface area contributed by atoms with Gasteiger partial charge in [-0.15, -0.1) is 0 Å². The number of aromatic carboxylic acids is 1. The fourth-order valence-electron chi connectivity index (χ4n) is 2.60. The summed E-state index contributed by atoms with van der Waals surface area (Å²) in [6.07, 6.45) is 2.52. The third kappa shape index (κ3) is 3.88. The lowest BCUT2D eigenvalue weighted by atomic mass is 10.0. The Morgan fingerprint density at radius 2 is 1.84 bits per heavy atom. The molecule has 25 heavy (non-hydrogen) atoms. The predicted molar refractivity (Wildman–Crippen MR) is 91.4 cm³/mol. The molecule has 1 atom stereocenters. The van der Waals surface area contributed by atoms with E-state index in [1.54, 1.807) is 20.3 Å². The van der Waals surface area contributed by atoms with Crippen LogP contribution in [-0.4, -0.2) is 36.2 Å². The van der Waals surface area contributed by atoms with E-state index in [0.29, 0.717) is 11.5 Å². The van der Waals surface area contributed by atoms with Gasteiger partial charge in [0.2, 0.25) is 0 Å². The summed E-state index contributed by atoms with van der Waals surface area (Å²) in [7, 11) is 3.12. The number of benzene rings is 1. The minimum atomic E-state index is -1.13. The van der Waals surface area contributed by atoms with Crippen molar-refractivity contribution in [3.63, 3.8) is 0 Å². The molecular formula is C18H20N2O5. The van der Waals surface area contributed by atoms with Crippen molar-refractivity contribution in [2.45, 2.75) is 19.9 Å². The summed E-state index contributed by atoms with van der Waals surface area (Å²) >= 11 is 0. The van der Waals surface area contributed by atoms with Gasteiger partial charge in [0.1, 0.15) is 0 Å². The number of hydrogen-bond donors (Lipinski definition) is 2. The highest BCUT2D eigenvalue weighted by Crippen LogP contribution is 2.35. The number of carboxylic acids is 1. The molecule has 1 amide bonds. The second-order valence-corrected chi connectivity index (χ2v) is 5.48. The second-order valence-electron chi connectivity index (χ2n) is 5.48. The highest BCUT2D eigenvalue weighted by molar-refractivity contribution is 5.97. The van der Waals surface area contributed by atoms with Crippen LogP contribution in [0.2, 0.25) is 0 Å². The smallest absolute Gasteiger partial charge is 0.337 e. The number of carboxylic acid groups (broad SMARTS) is 1. The van der Waals surface area contributed by atoms with Crippen molar-refractivity contribution < 1.29 is 24.2 Å². The topological polar surface area (TPSA) is 97.8 Å². The van der Waals surface area contributed by atoms with Crippen LogP contribution in [0.15, 0.2) is 30.6 Å². The molecule has 1 aromatic carbocycles. The zero-order valence-corrected chi connectivity index (χ0v) is 14.5. The Balaban J connectivity index is 2.25. The number of rotatable bonds is 6. The zero-order chi connectivity index (χ0) is 18.6. The summed E-state index contributed by atoms with van der Waals surface area (Å²) < 4.78 is 10.6. The summed E-state index contributed by atoms with van der Waals surface area (Å²) in [4.78, 5) is 27.2. The maximum atomic E-state index is 12.4. The van der Waals surface area contributed by atoms with Crippen molar-refractivity contribution in [1.29, 1.82) is 0 Å². The van der Waals surface area contributed by atoms with Crippen molar-refractivity contribution >= 4 is 11.9 Å². The first-order valence-corrected chi connectivity index (χ1v) is 7.59. The van der Waals surface area contributed by atoms with E-state index >= 15 is 0 Å². The molecule has 0 aliphatic carbocycles. The molecule has 0 saturated heterocycles. The summed E-state index contributed by atoms with van der Waals surface area (Å²) in [5.74, 6) is -0.320. The standard InChI is InChI=1S/C18H20N2O5/c1-10-14(5-6-15(24-3)16(10)25-4)11(2)20-17(21)12-7-13(18(22)23)9-19-8-12/h5-9,11H,1-4H3,(H,20,21)(H,22,23). The molecule has 2 N–H and O–H groups in total. The lowest BCUT2D eigenvalue weighted by Gasteiger charge is -2.20. The van der Waals surface area contributed by atoms with E-state index < -0.39 is 11.9 Å². The molecule has 132 valence electrons. The average molecular weight is 344 g/mol. The van der Waals surface area contributed by atoms with E-state index in [1.807, 2.05) is 19.9 Å². The molecule has 0 spiro atoms. The highest BCUT2D eigenvalue weighted by Gasteiger charge is 2.18. The molecule has 0 fully saturated rings. The summed E-state index contributed by atoms with van der Waals surface area (Å²) in [5, 5.41) is 11.8. The van der Waals surface area contributed by atoms with Gasteiger partial charge in [0.15, 0.2) is 11.5 Å². The second kappa shape index (κ2) is 7.65. The molecule has 0 saturated carbocycles. The molecule has 0 bridgehead atoms. The monoisotopic (exact) mass is 344 g/mol. The molecular weight excluding hydrogens is 324 g/mol. The molecule has 2 aromatic rings. The van der Waals surface area contributed by atoms with Gasteiger partial charge in [0.05, 0.1) is 31.4 Å². The van der Waals surface area contributed by atoms with E-state index in [4.69, 9.17) is 14.6 Å². The number of methoxy groups -OCH3 is 2. The van der Waals surface area contributed by atoms with Crippen molar-refractivity contribution in [1.82, 2.24) is 10.3 Å². The van der Waals surface area contributed by atoms with Crippen molar-refractivity contribution in [2.24, 2.45) is 0 Å². The van der Waals surface area contributed by atoms with Gasteiger partial charge in [0, 0.05) is 18.0 Å². The zero-order valence-electron chi connectivity index (χ0n) is 14.5. The number of ether oxygens (including phenoxy) is 2. The third-order valence-corrected chi connectivity index (χ3v) is 3.90. The van der Waals surface area contributed by atoms with Crippen LogP contribution in [0.4, 0.5) is 0 Å². The van der Waals surface area contributed by atoms with Crippen LogP contribution in [0.1, 0.15) is 44.8 Å². The van der Waals surface area contributed by atoms with Crippen LogP contribution in [-0.2, 0) is 0 Å². The van der Waals surface area contributed by atoms with Gasteiger partial charge in [-0.25, -0.2) is 4.79 Å². The number of aromatic nitrogens is 1. The van der Waals surface area contributed by atoms with Crippen LogP contribution < -0.4 is 14.8 Å². The van der Waals surface area contributed by atoms with E-state index in [2.05, 4.69) is 10.3 Å². The van der Waals surface area contributed by atoms with Crippen LogP contribution in [0, 0.1) is 6.92 Å². The fraction of sp³-hybridized carbons (Fsp3) is 0.278. The van der Waals surface area contributed by atoms with Gasteiger partial charge in [0.25, 0.3) is 5.91 Å². The normalized spacial score (nSPS) is 11.5. The Kier molecular flexibility index (Phi) is 5.59. The quantitative estimate of drug-likeness (QED) is 0.836. The Morgan fingerprint density at radius 3 is 2.44 bits per heavy atom. The molecule has 2 rings (SSSR count). The van der Waals surface area contributed by atoms with E-state index in [9.17, 15) is 9.59 Å². The van der Waals surface area contributed by atoms with Gasteiger partial charge in [-0.05, 0) is 31.5 Å². The van der Waals surface area contributed by atoms with Gasteiger partial charge < -0.3 is 19.9 Å². The van der Waals surface area contributed by atoms with Gasteiger partial charge in [-0.3, -0.25) is 9.78 Å². The van der Waals surface area contributed by atoms with Crippen molar-refractivity contribution in [3.8, 4) is 11.5 Å². The molecule has 0 aliphatic heterocycles. The molecule has 0 radical (unpaired) electrons. The molecule has 0 aliphatic rings. The van der Waals surface area contributed by atoms with E-state index in [0.717, 1.165) is 11.1 Å². The van der Waals surface area contributed by atoms with Crippen LogP contribution in [0.25, 0.3) is 0 Å². The van der Waals surface area contributed by atoms with Gasteiger partial charge in [-0.1, -0.05) is 6.07 Å². The summed E-state index contributed by atoms with van der Waals surface area (Å²) in [6, 6.07) is 4.60. The first-order chi connectivity index (χ1) is 11.9. The van der Waals surface area contributed by atoms with Crippen LogP contribution in [0.5, 0.6) is 11.5 Å². The third-order valence-electron chi connectivity index (χ3n) is 3.90. The van der Waals surface area contributed by atoms with Gasteiger partial charge >= 0.3 is 5.97 Å². The number of carbonyl (C=O) groups is 2. The molecule has 7 heteroatoms. The maximum Gasteiger partial charge on any atom is 0.337 e. The number of nitrogens with zero attached hydrogens (tertiary/aromatic N) is 1. The lowest BCUT2D eigenvalue weighted by molar-refractivity contribution is 0.0696. The molecule has 1 unspecified atom stereocenters.